The smallest absolute Gasteiger partial charge is 0.204 e. The van der Waals surface area contributed by atoms with Crippen LogP contribution in [0.4, 0.5) is 0 Å². The van der Waals surface area contributed by atoms with Crippen LogP contribution in [0, 0.1) is 0 Å². The van der Waals surface area contributed by atoms with E-state index < -0.39 is 8.38 Å². The van der Waals surface area contributed by atoms with Gasteiger partial charge in [-0.25, -0.2) is 9.05 Å². The second kappa shape index (κ2) is 6.09. The van der Waals surface area contributed by atoms with Crippen LogP contribution >= 0.6 is 8.38 Å². The summed E-state index contributed by atoms with van der Waals surface area (Å²) < 4.78 is 11.1. The first-order valence-corrected chi connectivity index (χ1v) is 5.88. The van der Waals surface area contributed by atoms with E-state index in [1.54, 1.807) is 0 Å². The molecule has 0 spiro atoms. The maximum Gasteiger partial charge on any atom is 0.295 e. The van der Waals surface area contributed by atoms with Crippen LogP contribution in [0.1, 0.15) is 13.8 Å². The number of hydrogen-bond acceptors (Lipinski definition) is 2. The van der Waals surface area contributed by atoms with Crippen molar-refractivity contribution in [3.63, 3.8) is 0 Å². The largest absolute Gasteiger partial charge is 0.295 e. The number of benzene rings is 1. The van der Waals surface area contributed by atoms with Gasteiger partial charge in [-0.3, -0.25) is 0 Å². The Bertz CT molecular complexity index is 220. The lowest BCUT2D eigenvalue weighted by atomic mass is 10.4. The van der Waals surface area contributed by atoms with Crippen LogP contribution in [0.2, 0.25) is 0 Å². The number of hydrogen-bond donors (Lipinski definition) is 0. The molecule has 0 radical (unpaired) electrons. The highest BCUT2D eigenvalue weighted by Gasteiger charge is 2.19. The van der Waals surface area contributed by atoms with Gasteiger partial charge in [-0.1, -0.05) is 18.2 Å². The quantitative estimate of drug-likeness (QED) is 0.678. The molecule has 0 atom stereocenters. The molecule has 0 unspecified atom stereocenters. The fourth-order valence-electron chi connectivity index (χ4n) is 1.04. The maximum absolute atomic E-state index is 5.55. The van der Waals surface area contributed by atoms with E-state index in [9.17, 15) is 0 Å². The van der Waals surface area contributed by atoms with E-state index >= 15 is 0 Å². The Balaban J connectivity index is 2.64. The molecule has 0 saturated heterocycles. The summed E-state index contributed by atoms with van der Waals surface area (Å²) in [6.07, 6.45) is 0. The van der Waals surface area contributed by atoms with Gasteiger partial charge in [0.15, 0.2) is 5.30 Å². The van der Waals surface area contributed by atoms with Gasteiger partial charge in [-0.15, -0.1) is 0 Å². The van der Waals surface area contributed by atoms with Gasteiger partial charge in [0.05, 0.1) is 13.2 Å². The van der Waals surface area contributed by atoms with Crippen molar-refractivity contribution in [2.45, 2.75) is 13.8 Å². The van der Waals surface area contributed by atoms with Crippen molar-refractivity contribution in [3.05, 3.63) is 30.3 Å². The Labute approximate surface area is 80.8 Å². The predicted octanol–water partition coefficient (Wildman–Crippen LogP) is 2.43. The minimum Gasteiger partial charge on any atom is -0.204 e. The van der Waals surface area contributed by atoms with E-state index in [0.29, 0.717) is 13.2 Å². The fourth-order valence-corrected chi connectivity index (χ4v) is 2.45. The van der Waals surface area contributed by atoms with Gasteiger partial charge in [-0.2, -0.15) is 0 Å². The highest BCUT2D eigenvalue weighted by molar-refractivity contribution is 7.55. The zero-order valence-electron chi connectivity index (χ0n) is 8.12. The fraction of sp³-hybridized carbons (Fsp3) is 0.400. The van der Waals surface area contributed by atoms with Crippen molar-refractivity contribution in [3.8, 4) is 0 Å². The molecule has 0 aromatic heterocycles. The van der Waals surface area contributed by atoms with Gasteiger partial charge >= 0.3 is 0 Å². The first-order valence-electron chi connectivity index (χ1n) is 4.56. The summed E-state index contributed by atoms with van der Waals surface area (Å²) in [6, 6.07) is 10.1. The van der Waals surface area contributed by atoms with Crippen LogP contribution in [0.15, 0.2) is 30.3 Å². The molecule has 2 nitrogen and oxygen atoms in total. The topological polar surface area (TPSA) is 18.5 Å². The summed E-state index contributed by atoms with van der Waals surface area (Å²) in [6.45, 7) is 5.41. The molecule has 0 N–H and O–H groups in total. The van der Waals surface area contributed by atoms with E-state index in [1.807, 2.05) is 32.0 Å². The van der Waals surface area contributed by atoms with Crippen LogP contribution in [-0.4, -0.2) is 13.2 Å². The SMILES string of the molecule is CCO[PH+](OCC)c1ccccc1. The Hall–Kier alpha value is -0.430. The molecule has 1 aromatic carbocycles. The van der Waals surface area contributed by atoms with Crippen LogP contribution in [0.3, 0.4) is 0 Å². The van der Waals surface area contributed by atoms with Gasteiger partial charge in [-0.05, 0) is 26.0 Å². The molecule has 0 aliphatic heterocycles. The summed E-state index contributed by atoms with van der Waals surface area (Å²) in [5.41, 5.74) is 0. The molecule has 0 aliphatic carbocycles. The molecule has 1 rings (SSSR count). The van der Waals surface area contributed by atoms with Crippen molar-refractivity contribution >= 4 is 13.7 Å². The lowest BCUT2D eigenvalue weighted by Gasteiger charge is -2.05. The Kier molecular flexibility index (Phi) is 4.99. The van der Waals surface area contributed by atoms with Gasteiger partial charge in [0.1, 0.15) is 0 Å². The monoisotopic (exact) mass is 199 g/mol. The van der Waals surface area contributed by atoms with Crippen molar-refractivity contribution in [1.82, 2.24) is 0 Å². The Morgan fingerprint density at radius 1 is 1.00 bits per heavy atom. The molecule has 0 fully saturated rings. The van der Waals surface area contributed by atoms with Gasteiger partial charge in [0.2, 0.25) is 0 Å². The van der Waals surface area contributed by atoms with E-state index in [0.717, 1.165) is 0 Å². The number of rotatable bonds is 5. The van der Waals surface area contributed by atoms with E-state index in [4.69, 9.17) is 9.05 Å². The summed E-state index contributed by atoms with van der Waals surface area (Å²) in [5, 5.41) is 1.18. The molecule has 0 aliphatic rings. The summed E-state index contributed by atoms with van der Waals surface area (Å²) in [4.78, 5) is 0. The molecule has 0 heterocycles. The van der Waals surface area contributed by atoms with Crippen LogP contribution in [-0.2, 0) is 9.05 Å². The second-order valence-corrected chi connectivity index (χ2v) is 4.25. The summed E-state index contributed by atoms with van der Waals surface area (Å²) >= 11 is 0. The second-order valence-electron chi connectivity index (χ2n) is 2.52. The summed E-state index contributed by atoms with van der Waals surface area (Å²) in [5.74, 6) is 0. The molecular weight excluding hydrogens is 183 g/mol. The lowest BCUT2D eigenvalue weighted by molar-refractivity contribution is 0.277. The standard InChI is InChI=1S/C10H15O2P/c1-3-11-13(12-4-2)10-8-6-5-7-9-10/h5-9H,3-4H2,1-2H3/p+1. The van der Waals surface area contributed by atoms with E-state index in [2.05, 4.69) is 12.1 Å². The molecule has 72 valence electrons. The minimum absolute atomic E-state index is 0.711. The third-order valence-corrected chi connectivity index (χ3v) is 3.47. The minimum atomic E-state index is -1.22. The highest BCUT2D eigenvalue weighted by atomic mass is 31.2. The average molecular weight is 199 g/mol. The summed E-state index contributed by atoms with van der Waals surface area (Å²) in [7, 11) is -1.22. The molecule has 3 heteroatoms. The van der Waals surface area contributed by atoms with Crippen molar-refractivity contribution < 1.29 is 9.05 Å². The molecule has 1 aromatic rings. The van der Waals surface area contributed by atoms with Crippen LogP contribution < -0.4 is 5.30 Å². The zero-order chi connectivity index (χ0) is 9.52. The average Bonchev–Trinajstić information content (AvgIpc) is 2.19. The van der Waals surface area contributed by atoms with Crippen molar-refractivity contribution in [1.29, 1.82) is 0 Å². The molecule has 0 saturated carbocycles. The first kappa shape index (κ1) is 10.6. The normalized spacial score (nSPS) is 10.7. The Morgan fingerprint density at radius 3 is 2.00 bits per heavy atom. The third-order valence-electron chi connectivity index (χ3n) is 1.56. The van der Waals surface area contributed by atoms with Gasteiger partial charge in [0, 0.05) is 0 Å². The van der Waals surface area contributed by atoms with Crippen LogP contribution in [0.5, 0.6) is 0 Å². The maximum atomic E-state index is 5.55. The molecule has 0 bridgehead atoms. The zero-order valence-corrected chi connectivity index (χ0v) is 9.12. The molecule has 0 amide bonds. The van der Waals surface area contributed by atoms with Crippen LogP contribution in [0.25, 0.3) is 0 Å². The van der Waals surface area contributed by atoms with Gasteiger partial charge in [0.25, 0.3) is 8.38 Å². The highest BCUT2D eigenvalue weighted by Crippen LogP contribution is 2.36. The van der Waals surface area contributed by atoms with Crippen molar-refractivity contribution in [2.24, 2.45) is 0 Å². The van der Waals surface area contributed by atoms with Gasteiger partial charge < -0.3 is 0 Å². The van der Waals surface area contributed by atoms with E-state index in [1.165, 1.54) is 5.30 Å². The molecular formula is C10H16O2P+. The van der Waals surface area contributed by atoms with E-state index in [-0.39, 0.29) is 0 Å². The first-order chi connectivity index (χ1) is 6.38. The van der Waals surface area contributed by atoms with Crippen molar-refractivity contribution in [2.75, 3.05) is 13.2 Å². The molecule has 13 heavy (non-hydrogen) atoms. The lowest BCUT2D eigenvalue weighted by Crippen LogP contribution is -2.05. The predicted molar refractivity (Wildman–Crippen MR) is 57.6 cm³/mol. The third kappa shape index (κ3) is 3.43. The Morgan fingerprint density at radius 2 is 1.54 bits per heavy atom.